The number of amides is 1. The van der Waals surface area contributed by atoms with E-state index < -0.39 is 5.60 Å². The van der Waals surface area contributed by atoms with Gasteiger partial charge >= 0.3 is 6.09 Å². The van der Waals surface area contributed by atoms with E-state index in [2.05, 4.69) is 10.6 Å². The van der Waals surface area contributed by atoms with Crippen LogP contribution >= 0.6 is 0 Å². The number of rotatable bonds is 4. The van der Waals surface area contributed by atoms with Crippen LogP contribution in [0.4, 0.5) is 4.79 Å². The Hall–Kier alpha value is -0.770. The smallest absolute Gasteiger partial charge is 0.407 e. The van der Waals surface area contributed by atoms with Gasteiger partial charge < -0.3 is 15.4 Å². The van der Waals surface area contributed by atoms with Crippen molar-refractivity contribution in [2.75, 3.05) is 19.6 Å². The Morgan fingerprint density at radius 1 is 1.32 bits per heavy atom. The first kappa shape index (κ1) is 14.6. The fourth-order valence-electron chi connectivity index (χ4n) is 3.08. The zero-order valence-electron chi connectivity index (χ0n) is 12.5. The van der Waals surface area contributed by atoms with Crippen LogP contribution < -0.4 is 10.6 Å². The first-order valence-corrected chi connectivity index (χ1v) is 7.63. The number of hydrogen-bond donors (Lipinski definition) is 2. The minimum atomic E-state index is -0.410. The number of hydrogen-bond acceptors (Lipinski definition) is 3. The normalized spacial score (nSPS) is 27.9. The van der Waals surface area contributed by atoms with Crippen LogP contribution in [0.5, 0.6) is 0 Å². The molecule has 2 rings (SSSR count). The fraction of sp³-hybridized carbons (Fsp3) is 0.933. The SMILES string of the molecule is CC(C)(C)OC(=O)NCCC1CNCCC1C1CC1. The van der Waals surface area contributed by atoms with Crippen molar-refractivity contribution in [3.63, 3.8) is 0 Å². The maximum absolute atomic E-state index is 11.6. The van der Waals surface area contributed by atoms with E-state index in [4.69, 9.17) is 4.74 Å². The summed E-state index contributed by atoms with van der Waals surface area (Å²) in [5, 5.41) is 6.36. The Labute approximate surface area is 116 Å². The molecule has 0 spiro atoms. The van der Waals surface area contributed by atoms with E-state index in [0.717, 1.165) is 43.8 Å². The lowest BCUT2D eigenvalue weighted by molar-refractivity contribution is 0.0521. The average Bonchev–Trinajstić information content (AvgIpc) is 3.11. The molecule has 1 heterocycles. The molecule has 0 bridgehead atoms. The summed E-state index contributed by atoms with van der Waals surface area (Å²) in [7, 11) is 0. The van der Waals surface area contributed by atoms with Crippen molar-refractivity contribution in [2.45, 2.75) is 52.1 Å². The summed E-state index contributed by atoms with van der Waals surface area (Å²) in [4.78, 5) is 11.6. The molecule has 2 atom stereocenters. The molecule has 0 aromatic rings. The molecule has 1 saturated carbocycles. The lowest BCUT2D eigenvalue weighted by Crippen LogP contribution is -2.40. The highest BCUT2D eigenvalue weighted by molar-refractivity contribution is 5.67. The maximum atomic E-state index is 11.6. The van der Waals surface area contributed by atoms with Crippen molar-refractivity contribution < 1.29 is 9.53 Å². The molecular weight excluding hydrogens is 240 g/mol. The molecule has 1 saturated heterocycles. The van der Waals surface area contributed by atoms with Crippen LogP contribution in [0, 0.1) is 17.8 Å². The zero-order chi connectivity index (χ0) is 13.9. The second kappa shape index (κ2) is 6.12. The Morgan fingerprint density at radius 3 is 2.68 bits per heavy atom. The van der Waals surface area contributed by atoms with Crippen LogP contribution in [0.3, 0.4) is 0 Å². The highest BCUT2D eigenvalue weighted by Gasteiger charge is 2.37. The third-order valence-electron chi connectivity index (χ3n) is 4.08. The standard InChI is InChI=1S/C15H28N2O2/c1-15(2,3)19-14(18)17-9-6-12-10-16-8-7-13(12)11-4-5-11/h11-13,16H,4-10H2,1-3H3,(H,17,18). The highest BCUT2D eigenvalue weighted by Crippen LogP contribution is 2.43. The van der Waals surface area contributed by atoms with Crippen LogP contribution in [0.1, 0.15) is 46.5 Å². The van der Waals surface area contributed by atoms with Crippen molar-refractivity contribution in [1.29, 1.82) is 0 Å². The van der Waals surface area contributed by atoms with E-state index in [1.54, 1.807) is 0 Å². The Morgan fingerprint density at radius 2 is 2.05 bits per heavy atom. The third-order valence-corrected chi connectivity index (χ3v) is 4.08. The second-order valence-electron chi connectivity index (χ2n) is 6.97. The van der Waals surface area contributed by atoms with E-state index in [1.807, 2.05) is 20.8 Å². The summed E-state index contributed by atoms with van der Waals surface area (Å²) < 4.78 is 5.25. The molecule has 0 radical (unpaired) electrons. The summed E-state index contributed by atoms with van der Waals surface area (Å²) in [5.41, 5.74) is -0.410. The van der Waals surface area contributed by atoms with Crippen LogP contribution in [0.2, 0.25) is 0 Å². The molecule has 2 N–H and O–H groups in total. The Bertz CT molecular complexity index is 308. The second-order valence-corrected chi connectivity index (χ2v) is 6.97. The number of piperidine rings is 1. The average molecular weight is 268 g/mol. The van der Waals surface area contributed by atoms with Gasteiger partial charge in [-0.15, -0.1) is 0 Å². The molecule has 4 nitrogen and oxygen atoms in total. The topological polar surface area (TPSA) is 50.4 Å². The van der Waals surface area contributed by atoms with Gasteiger partial charge in [0.05, 0.1) is 0 Å². The van der Waals surface area contributed by atoms with Crippen LogP contribution in [0.15, 0.2) is 0 Å². The number of ether oxygens (including phenoxy) is 1. The van der Waals surface area contributed by atoms with E-state index in [1.165, 1.54) is 19.3 Å². The van der Waals surface area contributed by atoms with Gasteiger partial charge in [0.2, 0.25) is 0 Å². The minimum absolute atomic E-state index is 0.292. The summed E-state index contributed by atoms with van der Waals surface area (Å²) in [6, 6.07) is 0. The van der Waals surface area contributed by atoms with Crippen molar-refractivity contribution >= 4 is 6.09 Å². The van der Waals surface area contributed by atoms with Crippen LogP contribution in [0.25, 0.3) is 0 Å². The molecule has 0 aromatic carbocycles. The predicted octanol–water partition coefficient (Wildman–Crippen LogP) is 2.54. The van der Waals surface area contributed by atoms with Gasteiger partial charge in [-0.1, -0.05) is 0 Å². The Balaban J connectivity index is 1.67. The zero-order valence-corrected chi connectivity index (χ0v) is 12.5. The molecule has 1 aliphatic heterocycles. The minimum Gasteiger partial charge on any atom is -0.444 e. The molecule has 1 amide bonds. The van der Waals surface area contributed by atoms with Gasteiger partial charge in [-0.05, 0) is 77.3 Å². The third kappa shape index (κ3) is 5.01. The van der Waals surface area contributed by atoms with Crippen molar-refractivity contribution in [1.82, 2.24) is 10.6 Å². The lowest BCUT2D eigenvalue weighted by atomic mass is 9.81. The molecule has 2 fully saturated rings. The van der Waals surface area contributed by atoms with E-state index in [0.29, 0.717) is 0 Å². The Kier molecular flexibility index (Phi) is 4.71. The molecule has 19 heavy (non-hydrogen) atoms. The number of alkyl carbamates (subject to hydrolysis) is 1. The maximum Gasteiger partial charge on any atom is 0.407 e. The quantitative estimate of drug-likeness (QED) is 0.824. The largest absolute Gasteiger partial charge is 0.444 e. The van der Waals surface area contributed by atoms with Crippen molar-refractivity contribution in [3.05, 3.63) is 0 Å². The summed E-state index contributed by atoms with van der Waals surface area (Å²) >= 11 is 0. The monoisotopic (exact) mass is 268 g/mol. The van der Waals surface area contributed by atoms with E-state index in [9.17, 15) is 4.79 Å². The molecule has 2 aliphatic rings. The van der Waals surface area contributed by atoms with E-state index >= 15 is 0 Å². The van der Waals surface area contributed by atoms with Crippen molar-refractivity contribution in [3.8, 4) is 0 Å². The van der Waals surface area contributed by atoms with Gasteiger partial charge in [-0.2, -0.15) is 0 Å². The number of carbonyl (C=O) groups is 1. The number of carbonyl (C=O) groups excluding carboxylic acids is 1. The van der Waals surface area contributed by atoms with Crippen molar-refractivity contribution in [2.24, 2.45) is 17.8 Å². The van der Waals surface area contributed by atoms with Crippen LogP contribution in [-0.4, -0.2) is 31.3 Å². The highest BCUT2D eigenvalue weighted by atomic mass is 16.6. The first-order valence-electron chi connectivity index (χ1n) is 7.63. The molecular formula is C15H28N2O2. The van der Waals surface area contributed by atoms with E-state index in [-0.39, 0.29) is 6.09 Å². The van der Waals surface area contributed by atoms with Crippen LogP contribution in [-0.2, 0) is 4.74 Å². The first-order chi connectivity index (χ1) is 8.96. The van der Waals surface area contributed by atoms with Gasteiger partial charge in [0.25, 0.3) is 0 Å². The molecule has 2 unspecified atom stereocenters. The van der Waals surface area contributed by atoms with Gasteiger partial charge in [0.15, 0.2) is 0 Å². The summed E-state index contributed by atoms with van der Waals surface area (Å²) in [6.45, 7) is 8.67. The lowest BCUT2D eigenvalue weighted by Gasteiger charge is -2.32. The summed E-state index contributed by atoms with van der Waals surface area (Å²) in [6.07, 6.45) is 4.91. The molecule has 4 heteroatoms. The van der Waals surface area contributed by atoms with Gasteiger partial charge in [0, 0.05) is 6.54 Å². The molecule has 1 aliphatic carbocycles. The van der Waals surface area contributed by atoms with Gasteiger partial charge in [0.1, 0.15) is 5.60 Å². The predicted molar refractivity (Wildman–Crippen MR) is 76.0 cm³/mol. The summed E-state index contributed by atoms with van der Waals surface area (Å²) in [5.74, 6) is 2.56. The molecule has 110 valence electrons. The fourth-order valence-corrected chi connectivity index (χ4v) is 3.08. The van der Waals surface area contributed by atoms with Gasteiger partial charge in [-0.3, -0.25) is 0 Å². The van der Waals surface area contributed by atoms with Gasteiger partial charge in [-0.25, -0.2) is 4.79 Å². The number of nitrogens with one attached hydrogen (secondary N) is 2. The molecule has 0 aromatic heterocycles.